The minimum absolute atomic E-state index is 0.129. The summed E-state index contributed by atoms with van der Waals surface area (Å²) in [5, 5.41) is 9.26. The van der Waals surface area contributed by atoms with Crippen LogP contribution >= 0.6 is 0 Å². The van der Waals surface area contributed by atoms with Crippen LogP contribution in [0.5, 0.6) is 0 Å². The van der Waals surface area contributed by atoms with Crippen molar-refractivity contribution < 1.29 is 14.3 Å². The van der Waals surface area contributed by atoms with Crippen LogP contribution in [0.25, 0.3) is 11.0 Å². The fourth-order valence-electron chi connectivity index (χ4n) is 1.46. The molecule has 0 fully saturated rings. The molecule has 3 N–H and O–H groups in total. The third kappa shape index (κ3) is 1.88. The molecular formula is C11H9NO4. The van der Waals surface area contributed by atoms with E-state index < -0.39 is 11.6 Å². The van der Waals surface area contributed by atoms with Crippen LogP contribution in [0.4, 0.5) is 5.69 Å². The number of rotatable bonds is 2. The van der Waals surface area contributed by atoms with Crippen molar-refractivity contribution in [3.05, 3.63) is 40.2 Å². The summed E-state index contributed by atoms with van der Waals surface area (Å²) >= 11 is 0. The average molecular weight is 219 g/mol. The van der Waals surface area contributed by atoms with E-state index in [1.165, 1.54) is 12.1 Å². The smallest absolute Gasteiger partial charge is 0.340 e. The summed E-state index contributed by atoms with van der Waals surface area (Å²) in [6.45, 7) is 0. The molecule has 1 aromatic heterocycles. The highest BCUT2D eigenvalue weighted by atomic mass is 16.4. The van der Waals surface area contributed by atoms with E-state index in [4.69, 9.17) is 15.3 Å². The Balaban J connectivity index is 2.63. The number of carboxylic acids is 1. The van der Waals surface area contributed by atoms with E-state index in [0.717, 1.165) is 0 Å². The number of aliphatic carboxylic acids is 1. The van der Waals surface area contributed by atoms with E-state index in [1.54, 1.807) is 12.1 Å². The standard InChI is InChI=1S/C11H9NO4/c12-8-2-1-6-3-7(4-10(13)14)11(15)16-9(6)5-8/h1-3,5H,4,12H2,(H,13,14). The van der Waals surface area contributed by atoms with Gasteiger partial charge < -0.3 is 15.3 Å². The Morgan fingerprint density at radius 2 is 2.12 bits per heavy atom. The summed E-state index contributed by atoms with van der Waals surface area (Å²) < 4.78 is 4.98. The number of carboxylic acid groups (broad SMARTS) is 1. The van der Waals surface area contributed by atoms with Gasteiger partial charge >= 0.3 is 11.6 Å². The molecule has 0 aliphatic heterocycles. The summed E-state index contributed by atoms with van der Waals surface area (Å²) in [4.78, 5) is 21.9. The number of carbonyl (C=O) groups is 1. The van der Waals surface area contributed by atoms with Crippen LogP contribution in [0.15, 0.2) is 33.5 Å². The minimum atomic E-state index is -1.07. The highest BCUT2D eigenvalue weighted by Gasteiger charge is 2.08. The predicted octanol–water partition coefficient (Wildman–Crippen LogP) is 1.00. The van der Waals surface area contributed by atoms with Crippen LogP contribution in [0.2, 0.25) is 0 Å². The normalized spacial score (nSPS) is 10.5. The molecule has 2 rings (SSSR count). The summed E-state index contributed by atoms with van der Waals surface area (Å²) in [6.07, 6.45) is -0.345. The lowest BCUT2D eigenvalue weighted by Gasteiger charge is -2.00. The van der Waals surface area contributed by atoms with Crippen molar-refractivity contribution >= 4 is 22.6 Å². The Hall–Kier alpha value is -2.30. The topological polar surface area (TPSA) is 93.5 Å². The van der Waals surface area contributed by atoms with E-state index in [1.807, 2.05) is 0 Å². The molecule has 16 heavy (non-hydrogen) atoms. The second-order valence-electron chi connectivity index (χ2n) is 3.43. The molecule has 0 bridgehead atoms. The third-order valence-corrected chi connectivity index (χ3v) is 2.17. The molecular weight excluding hydrogens is 210 g/mol. The molecule has 1 heterocycles. The number of hydrogen-bond acceptors (Lipinski definition) is 4. The van der Waals surface area contributed by atoms with Gasteiger partial charge in [0.2, 0.25) is 0 Å². The SMILES string of the molecule is Nc1ccc2cc(CC(=O)O)c(=O)oc2c1. The van der Waals surface area contributed by atoms with Gasteiger partial charge in [0, 0.05) is 22.7 Å². The zero-order valence-corrected chi connectivity index (χ0v) is 8.27. The van der Waals surface area contributed by atoms with Crippen LogP contribution in [-0.2, 0) is 11.2 Å². The van der Waals surface area contributed by atoms with Gasteiger partial charge in [0.25, 0.3) is 0 Å². The predicted molar refractivity (Wildman–Crippen MR) is 58.2 cm³/mol. The van der Waals surface area contributed by atoms with Gasteiger partial charge in [0.05, 0.1) is 6.42 Å². The molecule has 0 spiro atoms. The zero-order valence-electron chi connectivity index (χ0n) is 8.27. The summed E-state index contributed by atoms with van der Waals surface area (Å²) in [7, 11) is 0. The van der Waals surface area contributed by atoms with Crippen molar-refractivity contribution in [3.8, 4) is 0 Å². The number of nitrogen functional groups attached to an aromatic ring is 1. The molecule has 5 nitrogen and oxygen atoms in total. The van der Waals surface area contributed by atoms with Gasteiger partial charge in [-0.3, -0.25) is 4.79 Å². The third-order valence-electron chi connectivity index (χ3n) is 2.17. The van der Waals surface area contributed by atoms with Gasteiger partial charge in [-0.25, -0.2) is 4.79 Å². The fraction of sp³-hybridized carbons (Fsp3) is 0.0909. The molecule has 0 unspecified atom stereocenters. The van der Waals surface area contributed by atoms with Gasteiger partial charge in [-0.2, -0.15) is 0 Å². The number of anilines is 1. The molecule has 1 aromatic carbocycles. The van der Waals surface area contributed by atoms with Gasteiger partial charge in [-0.1, -0.05) is 0 Å². The lowest BCUT2D eigenvalue weighted by atomic mass is 10.1. The monoisotopic (exact) mass is 219 g/mol. The van der Waals surface area contributed by atoms with Gasteiger partial charge in [-0.05, 0) is 18.2 Å². The molecule has 0 saturated heterocycles. The Labute approximate surface area is 90.1 Å². The van der Waals surface area contributed by atoms with E-state index in [0.29, 0.717) is 16.7 Å². The summed E-state index contributed by atoms with van der Waals surface area (Å²) in [6, 6.07) is 6.38. The van der Waals surface area contributed by atoms with Gasteiger partial charge in [0.15, 0.2) is 0 Å². The maximum Gasteiger partial charge on any atom is 0.340 e. The number of hydrogen-bond donors (Lipinski definition) is 2. The first kappa shape index (κ1) is 10.2. The number of benzene rings is 1. The van der Waals surface area contributed by atoms with Crippen LogP contribution < -0.4 is 11.4 Å². The summed E-state index contributed by atoms with van der Waals surface area (Å²) in [5.74, 6) is -1.07. The first-order valence-electron chi connectivity index (χ1n) is 4.60. The lowest BCUT2D eigenvalue weighted by molar-refractivity contribution is -0.136. The maximum absolute atomic E-state index is 11.4. The zero-order chi connectivity index (χ0) is 11.7. The Morgan fingerprint density at radius 1 is 1.38 bits per heavy atom. The Bertz CT molecular complexity index is 615. The Morgan fingerprint density at radius 3 is 2.81 bits per heavy atom. The van der Waals surface area contributed by atoms with E-state index in [9.17, 15) is 9.59 Å². The molecule has 0 atom stereocenters. The number of nitrogens with two attached hydrogens (primary N) is 1. The highest BCUT2D eigenvalue weighted by Crippen LogP contribution is 2.16. The van der Waals surface area contributed by atoms with Crippen molar-refractivity contribution in [1.29, 1.82) is 0 Å². The second-order valence-corrected chi connectivity index (χ2v) is 3.43. The van der Waals surface area contributed by atoms with Crippen LogP contribution in [0.1, 0.15) is 5.56 Å². The quantitative estimate of drug-likeness (QED) is 0.580. The molecule has 0 amide bonds. The highest BCUT2D eigenvalue weighted by molar-refractivity contribution is 5.81. The average Bonchev–Trinajstić information content (AvgIpc) is 2.19. The second kappa shape index (κ2) is 3.69. The van der Waals surface area contributed by atoms with Crippen molar-refractivity contribution in [1.82, 2.24) is 0 Å². The molecule has 5 heteroatoms. The molecule has 82 valence electrons. The van der Waals surface area contributed by atoms with Crippen molar-refractivity contribution in [3.63, 3.8) is 0 Å². The van der Waals surface area contributed by atoms with Crippen LogP contribution in [-0.4, -0.2) is 11.1 Å². The molecule has 2 aromatic rings. The van der Waals surface area contributed by atoms with Crippen molar-refractivity contribution in [2.45, 2.75) is 6.42 Å². The van der Waals surface area contributed by atoms with Gasteiger partial charge in [-0.15, -0.1) is 0 Å². The van der Waals surface area contributed by atoms with Crippen LogP contribution in [0.3, 0.4) is 0 Å². The molecule has 0 saturated carbocycles. The first-order chi connectivity index (χ1) is 7.56. The van der Waals surface area contributed by atoms with Gasteiger partial charge in [0.1, 0.15) is 5.58 Å². The fourth-order valence-corrected chi connectivity index (χ4v) is 1.46. The Kier molecular flexibility index (Phi) is 2.36. The van der Waals surface area contributed by atoms with E-state index in [2.05, 4.69) is 0 Å². The molecule has 0 aliphatic carbocycles. The largest absolute Gasteiger partial charge is 0.481 e. The van der Waals surface area contributed by atoms with E-state index in [-0.39, 0.29) is 12.0 Å². The first-order valence-corrected chi connectivity index (χ1v) is 4.60. The van der Waals surface area contributed by atoms with Crippen molar-refractivity contribution in [2.24, 2.45) is 0 Å². The van der Waals surface area contributed by atoms with Crippen LogP contribution in [0, 0.1) is 0 Å². The molecule has 0 aliphatic rings. The minimum Gasteiger partial charge on any atom is -0.481 e. The lowest BCUT2D eigenvalue weighted by Crippen LogP contribution is -2.12. The molecule has 0 radical (unpaired) electrons. The van der Waals surface area contributed by atoms with E-state index >= 15 is 0 Å². The van der Waals surface area contributed by atoms with Crippen molar-refractivity contribution in [2.75, 3.05) is 5.73 Å². The number of fused-ring (bicyclic) bond motifs is 1. The summed E-state index contributed by atoms with van der Waals surface area (Å²) in [5.41, 5.74) is 5.88. The maximum atomic E-state index is 11.4.